The third kappa shape index (κ3) is 4.76. The molecule has 5 nitrogen and oxygen atoms in total. The van der Waals surface area contributed by atoms with Crippen molar-refractivity contribution in [3.63, 3.8) is 0 Å². The fourth-order valence-corrected chi connectivity index (χ4v) is 4.76. The summed E-state index contributed by atoms with van der Waals surface area (Å²) in [5.74, 6) is 0.906. The topological polar surface area (TPSA) is 59.8 Å². The summed E-state index contributed by atoms with van der Waals surface area (Å²) in [4.78, 5) is 21.7. The minimum Gasteiger partial charge on any atom is -0.320 e. The zero-order valence-corrected chi connectivity index (χ0v) is 18.0. The molecule has 0 fully saturated rings. The minimum atomic E-state index is -1.65. The summed E-state index contributed by atoms with van der Waals surface area (Å²) >= 11 is 6.20. The Morgan fingerprint density at radius 3 is 2.74 bits per heavy atom. The summed E-state index contributed by atoms with van der Waals surface area (Å²) in [7, 11) is -1.65. The number of halogens is 1. The normalized spacial score (nSPS) is 14.2. The number of aryl methyl sites for hydroxylation is 1. The van der Waals surface area contributed by atoms with Gasteiger partial charge in [0, 0.05) is 18.9 Å². The number of hydrogen-bond acceptors (Lipinski definition) is 4. The number of aromatic nitrogens is 3. The van der Waals surface area contributed by atoms with E-state index < -0.39 is 8.07 Å². The molecule has 0 saturated heterocycles. The van der Waals surface area contributed by atoms with Crippen LogP contribution in [-0.4, -0.2) is 22.6 Å². The molecular formula is C20H25ClN4OSi. The maximum absolute atomic E-state index is 12.9. The second kappa shape index (κ2) is 7.82. The molecular weight excluding hydrogens is 376 g/mol. The van der Waals surface area contributed by atoms with E-state index in [1.807, 2.05) is 13.0 Å². The molecule has 0 radical (unpaired) electrons. The van der Waals surface area contributed by atoms with Gasteiger partial charge in [0.2, 0.25) is 0 Å². The van der Waals surface area contributed by atoms with Crippen molar-refractivity contribution in [3.8, 4) is 0 Å². The van der Waals surface area contributed by atoms with Crippen LogP contribution in [0.2, 0.25) is 24.8 Å². The fraction of sp³-hybridized carbons (Fsp3) is 0.350. The van der Waals surface area contributed by atoms with Crippen LogP contribution in [0, 0.1) is 6.92 Å². The zero-order valence-electron chi connectivity index (χ0n) is 16.2. The Labute approximate surface area is 165 Å². The standard InChI is InChI=1S/C20H25ClN4OSi/c1-14-10-16(27(2,3)4)18(22-11-14)24-19-20(26)25(13-17(21)23-19)12-15-8-6-5-7-9-15/h5-6,8,10-11,13H,7,9,12H2,1-4H3,(H,22,23,24). The molecule has 0 atom stereocenters. The first-order valence-electron chi connectivity index (χ1n) is 9.10. The van der Waals surface area contributed by atoms with Crippen LogP contribution in [0.15, 0.2) is 47.1 Å². The van der Waals surface area contributed by atoms with Gasteiger partial charge in [-0.05, 0) is 30.5 Å². The molecule has 7 heteroatoms. The van der Waals surface area contributed by atoms with E-state index in [9.17, 15) is 4.79 Å². The molecule has 0 bridgehead atoms. The zero-order chi connectivity index (χ0) is 19.6. The van der Waals surface area contributed by atoms with Gasteiger partial charge in [-0.1, -0.05) is 61.1 Å². The van der Waals surface area contributed by atoms with E-state index >= 15 is 0 Å². The van der Waals surface area contributed by atoms with Crippen LogP contribution in [-0.2, 0) is 6.54 Å². The smallest absolute Gasteiger partial charge is 0.294 e. The first-order chi connectivity index (χ1) is 12.7. The predicted octanol–water partition coefficient (Wildman–Crippen LogP) is 4.17. The quantitative estimate of drug-likeness (QED) is 0.765. The summed E-state index contributed by atoms with van der Waals surface area (Å²) in [6.07, 6.45) is 11.6. The average Bonchev–Trinajstić information content (AvgIpc) is 2.60. The lowest BCUT2D eigenvalue weighted by Gasteiger charge is -2.21. The van der Waals surface area contributed by atoms with Gasteiger partial charge in [0.1, 0.15) is 11.0 Å². The molecule has 0 amide bonds. The van der Waals surface area contributed by atoms with Crippen molar-refractivity contribution in [2.75, 3.05) is 5.32 Å². The van der Waals surface area contributed by atoms with E-state index in [-0.39, 0.29) is 16.5 Å². The number of anilines is 2. The van der Waals surface area contributed by atoms with Crippen LogP contribution in [0.5, 0.6) is 0 Å². The molecule has 2 heterocycles. The van der Waals surface area contributed by atoms with Crippen molar-refractivity contribution in [3.05, 3.63) is 63.3 Å². The Morgan fingerprint density at radius 2 is 2.07 bits per heavy atom. The summed E-state index contributed by atoms with van der Waals surface area (Å²) in [5.41, 5.74) is 2.11. The molecule has 142 valence electrons. The van der Waals surface area contributed by atoms with E-state index in [0.29, 0.717) is 12.4 Å². The lowest BCUT2D eigenvalue weighted by molar-refractivity contribution is 0.706. The van der Waals surface area contributed by atoms with E-state index in [4.69, 9.17) is 11.6 Å². The predicted molar refractivity (Wildman–Crippen MR) is 115 cm³/mol. The van der Waals surface area contributed by atoms with Crippen molar-refractivity contribution in [2.45, 2.75) is 46.0 Å². The first kappa shape index (κ1) is 19.6. The molecule has 0 aliphatic heterocycles. The Bertz CT molecular complexity index is 973. The molecule has 0 spiro atoms. The number of nitrogens with zero attached hydrogens (tertiary/aromatic N) is 3. The van der Waals surface area contributed by atoms with Gasteiger partial charge in [-0.3, -0.25) is 4.79 Å². The molecule has 2 aromatic heterocycles. The maximum atomic E-state index is 12.9. The second-order valence-corrected chi connectivity index (χ2v) is 13.3. The number of hydrogen-bond donors (Lipinski definition) is 1. The van der Waals surface area contributed by atoms with Crippen molar-refractivity contribution in [2.24, 2.45) is 0 Å². The molecule has 3 rings (SSSR count). The van der Waals surface area contributed by atoms with Gasteiger partial charge >= 0.3 is 0 Å². The highest BCUT2D eigenvalue weighted by Gasteiger charge is 2.22. The first-order valence-corrected chi connectivity index (χ1v) is 13.0. The lowest BCUT2D eigenvalue weighted by Crippen LogP contribution is -2.40. The molecule has 1 aliphatic carbocycles. The van der Waals surface area contributed by atoms with E-state index in [2.05, 4.69) is 53.1 Å². The second-order valence-electron chi connectivity index (χ2n) is 7.92. The fourth-order valence-electron chi connectivity index (χ4n) is 3.06. The summed E-state index contributed by atoms with van der Waals surface area (Å²) in [6.45, 7) is 9.30. The number of rotatable bonds is 5. The van der Waals surface area contributed by atoms with Gasteiger partial charge in [-0.15, -0.1) is 0 Å². The Morgan fingerprint density at radius 1 is 1.30 bits per heavy atom. The van der Waals surface area contributed by atoms with Gasteiger partial charge in [-0.25, -0.2) is 9.97 Å². The van der Waals surface area contributed by atoms with Crippen LogP contribution >= 0.6 is 11.6 Å². The molecule has 1 N–H and O–H groups in total. The van der Waals surface area contributed by atoms with Crippen LogP contribution in [0.1, 0.15) is 18.4 Å². The Kier molecular flexibility index (Phi) is 5.67. The molecule has 2 aromatic rings. The van der Waals surface area contributed by atoms with Crippen LogP contribution in [0.4, 0.5) is 11.6 Å². The van der Waals surface area contributed by atoms with E-state index in [1.165, 1.54) is 5.57 Å². The summed E-state index contributed by atoms with van der Waals surface area (Å²) in [6, 6.07) is 2.14. The third-order valence-corrected chi connectivity index (χ3v) is 6.67. The Balaban J connectivity index is 1.98. The molecule has 27 heavy (non-hydrogen) atoms. The highest BCUT2D eigenvalue weighted by Crippen LogP contribution is 2.17. The summed E-state index contributed by atoms with van der Waals surface area (Å²) in [5, 5.41) is 4.60. The van der Waals surface area contributed by atoms with Gasteiger partial charge in [0.05, 0.1) is 8.07 Å². The number of pyridine rings is 1. The third-order valence-electron chi connectivity index (χ3n) is 4.49. The molecule has 0 aromatic carbocycles. The number of nitrogens with one attached hydrogen (secondary N) is 1. The lowest BCUT2D eigenvalue weighted by atomic mass is 10.1. The van der Waals surface area contributed by atoms with E-state index in [0.717, 1.165) is 23.6 Å². The Hall–Kier alpha value is -2.18. The highest BCUT2D eigenvalue weighted by atomic mass is 35.5. The highest BCUT2D eigenvalue weighted by molar-refractivity contribution is 6.89. The van der Waals surface area contributed by atoms with Crippen LogP contribution in [0.3, 0.4) is 0 Å². The minimum absolute atomic E-state index is 0.196. The van der Waals surface area contributed by atoms with Crippen LogP contribution in [0.25, 0.3) is 0 Å². The van der Waals surface area contributed by atoms with Crippen LogP contribution < -0.4 is 16.1 Å². The number of allylic oxidation sites excluding steroid dienone is 4. The van der Waals surface area contributed by atoms with Gasteiger partial charge in [-0.2, -0.15) is 0 Å². The van der Waals surface area contributed by atoms with Crippen molar-refractivity contribution < 1.29 is 0 Å². The van der Waals surface area contributed by atoms with Crippen molar-refractivity contribution >= 4 is 36.5 Å². The SMILES string of the molecule is Cc1cnc(Nc2nc(Cl)cn(CC3=CC=CCC3)c2=O)c([Si](C)(C)C)c1. The van der Waals surface area contributed by atoms with Gasteiger partial charge in [0.15, 0.2) is 5.82 Å². The maximum Gasteiger partial charge on any atom is 0.294 e. The van der Waals surface area contributed by atoms with E-state index in [1.54, 1.807) is 17.0 Å². The van der Waals surface area contributed by atoms with Gasteiger partial charge in [0.25, 0.3) is 5.56 Å². The molecule has 0 saturated carbocycles. The van der Waals surface area contributed by atoms with Gasteiger partial charge < -0.3 is 9.88 Å². The average molecular weight is 401 g/mol. The summed E-state index contributed by atoms with van der Waals surface area (Å²) < 4.78 is 1.62. The largest absolute Gasteiger partial charge is 0.320 e. The van der Waals surface area contributed by atoms with Crippen molar-refractivity contribution in [1.82, 2.24) is 14.5 Å². The monoisotopic (exact) mass is 400 g/mol. The van der Waals surface area contributed by atoms with Crippen molar-refractivity contribution in [1.29, 1.82) is 0 Å². The molecule has 1 aliphatic rings. The molecule has 0 unspecified atom stereocenters.